The van der Waals surface area contributed by atoms with E-state index in [2.05, 4.69) is 79.5 Å². The van der Waals surface area contributed by atoms with Gasteiger partial charge in [-0.15, -0.1) is 0 Å². The highest BCUT2D eigenvalue weighted by Gasteiger charge is 2.01. The van der Waals surface area contributed by atoms with Crippen LogP contribution in [0.2, 0.25) is 0 Å². The molecule has 2 rings (SSSR count). The van der Waals surface area contributed by atoms with Gasteiger partial charge < -0.3 is 15.0 Å². The number of hydrogen-bond donors (Lipinski definition) is 1. The van der Waals surface area contributed by atoms with E-state index in [1.807, 2.05) is 0 Å². The molecule has 0 saturated heterocycles. The van der Waals surface area contributed by atoms with E-state index in [-0.39, 0.29) is 0 Å². The third kappa shape index (κ3) is 6.62. The number of hydrogen-bond acceptors (Lipinski definition) is 3. The number of nitrogens with zero attached hydrogens (tertiary/aromatic N) is 1. The second kappa shape index (κ2) is 11.5. The van der Waals surface area contributed by atoms with Crippen LogP contribution < -0.4 is 15.0 Å². The van der Waals surface area contributed by atoms with Gasteiger partial charge in [0.25, 0.3) is 0 Å². The molecule has 0 bridgehead atoms. The van der Waals surface area contributed by atoms with Gasteiger partial charge in [0.15, 0.2) is 0 Å². The maximum Gasteiger partial charge on any atom is 0.119 e. The molecule has 0 aliphatic rings. The first-order valence-electron chi connectivity index (χ1n) is 10.1. The molecule has 2 aromatic carbocycles. The summed E-state index contributed by atoms with van der Waals surface area (Å²) in [6.07, 6.45) is 4.95. The first-order chi connectivity index (χ1) is 12.8. The lowest BCUT2D eigenvalue weighted by molar-refractivity contribution is 0.305. The van der Waals surface area contributed by atoms with E-state index >= 15 is 0 Å². The number of anilines is 2. The first kappa shape index (κ1) is 20.2. The molecule has 0 heterocycles. The van der Waals surface area contributed by atoms with Gasteiger partial charge in [-0.05, 0) is 62.2 Å². The predicted octanol–water partition coefficient (Wildman–Crippen LogP) is 6.10. The Labute approximate surface area is 159 Å². The molecule has 0 amide bonds. The number of ether oxygens (including phenoxy) is 1. The van der Waals surface area contributed by atoms with Crippen LogP contribution in [0.4, 0.5) is 11.4 Å². The second-order valence-corrected chi connectivity index (χ2v) is 6.63. The molecule has 0 fully saturated rings. The third-order valence-electron chi connectivity index (χ3n) is 4.68. The molecule has 0 unspecified atom stereocenters. The molecule has 1 N–H and O–H groups in total. The van der Waals surface area contributed by atoms with Crippen LogP contribution in [0.3, 0.4) is 0 Å². The Morgan fingerprint density at radius 1 is 0.808 bits per heavy atom. The number of benzene rings is 2. The number of nitrogens with one attached hydrogen (secondary N) is 1. The van der Waals surface area contributed by atoms with Gasteiger partial charge >= 0.3 is 0 Å². The second-order valence-electron chi connectivity index (χ2n) is 6.63. The fourth-order valence-corrected chi connectivity index (χ4v) is 3.01. The molecule has 26 heavy (non-hydrogen) atoms. The fourth-order valence-electron chi connectivity index (χ4n) is 3.01. The van der Waals surface area contributed by atoms with Crippen LogP contribution in [-0.4, -0.2) is 19.7 Å². The Morgan fingerprint density at radius 2 is 1.50 bits per heavy atom. The summed E-state index contributed by atoms with van der Waals surface area (Å²) in [5.41, 5.74) is 3.69. The minimum atomic E-state index is 0.816. The highest BCUT2D eigenvalue weighted by molar-refractivity contribution is 5.55. The molecular weight excluding hydrogens is 320 g/mol. The number of unbranched alkanes of at least 4 members (excludes halogenated alkanes) is 3. The van der Waals surface area contributed by atoms with E-state index < -0.39 is 0 Å². The fraction of sp³-hybridized carbons (Fsp3) is 0.478. The Morgan fingerprint density at radius 3 is 2.12 bits per heavy atom. The molecule has 0 radical (unpaired) electrons. The molecule has 0 aliphatic carbocycles. The topological polar surface area (TPSA) is 24.5 Å². The number of rotatable bonds is 12. The van der Waals surface area contributed by atoms with Crippen LogP contribution in [0.1, 0.15) is 52.0 Å². The van der Waals surface area contributed by atoms with Crippen molar-refractivity contribution >= 4 is 11.4 Å². The van der Waals surface area contributed by atoms with E-state index in [0.29, 0.717) is 0 Å². The van der Waals surface area contributed by atoms with E-state index in [4.69, 9.17) is 4.74 Å². The third-order valence-corrected chi connectivity index (χ3v) is 4.68. The van der Waals surface area contributed by atoms with Gasteiger partial charge in [-0.1, -0.05) is 38.3 Å². The van der Waals surface area contributed by atoms with Crippen LogP contribution in [-0.2, 0) is 6.54 Å². The van der Waals surface area contributed by atoms with Crippen molar-refractivity contribution in [3.05, 3.63) is 54.1 Å². The summed E-state index contributed by atoms with van der Waals surface area (Å²) in [4.78, 5) is 2.35. The lowest BCUT2D eigenvalue weighted by atomic mass is 10.2. The van der Waals surface area contributed by atoms with Crippen LogP contribution in [0, 0.1) is 0 Å². The lowest BCUT2D eigenvalue weighted by Crippen LogP contribution is -2.21. The lowest BCUT2D eigenvalue weighted by Gasteiger charge is -2.21. The molecule has 0 aliphatic heterocycles. The van der Waals surface area contributed by atoms with Gasteiger partial charge in [0, 0.05) is 31.0 Å². The van der Waals surface area contributed by atoms with E-state index in [9.17, 15) is 0 Å². The Bertz CT molecular complexity index is 603. The van der Waals surface area contributed by atoms with Gasteiger partial charge in [-0.2, -0.15) is 0 Å². The first-order valence-corrected chi connectivity index (χ1v) is 10.1. The average Bonchev–Trinajstić information content (AvgIpc) is 2.69. The minimum absolute atomic E-state index is 0.816. The molecule has 2 aromatic rings. The molecule has 0 aromatic heterocycles. The smallest absolute Gasteiger partial charge is 0.119 e. The SMILES string of the molecule is CCCCCCOc1ccc(CNc2ccc(N(CC)CC)cc2)cc1. The summed E-state index contributed by atoms with van der Waals surface area (Å²) in [7, 11) is 0. The Kier molecular flexibility index (Phi) is 8.88. The highest BCUT2D eigenvalue weighted by Crippen LogP contribution is 2.19. The summed E-state index contributed by atoms with van der Waals surface area (Å²) in [6, 6.07) is 17.1. The Hall–Kier alpha value is -2.16. The summed E-state index contributed by atoms with van der Waals surface area (Å²) in [5.74, 6) is 0.967. The summed E-state index contributed by atoms with van der Waals surface area (Å²) in [5, 5.41) is 3.49. The van der Waals surface area contributed by atoms with Crippen molar-refractivity contribution in [2.75, 3.05) is 29.9 Å². The summed E-state index contributed by atoms with van der Waals surface area (Å²) < 4.78 is 5.80. The standard InChI is InChI=1S/C23H34N2O/c1-4-7-8-9-18-26-23-16-10-20(11-17-23)19-24-21-12-14-22(15-13-21)25(5-2)6-3/h10-17,24H,4-9,18-19H2,1-3H3. The van der Waals surface area contributed by atoms with Crippen molar-refractivity contribution in [1.29, 1.82) is 0 Å². The normalized spacial score (nSPS) is 10.6. The van der Waals surface area contributed by atoms with Crippen molar-refractivity contribution in [2.24, 2.45) is 0 Å². The zero-order chi connectivity index (χ0) is 18.6. The molecule has 3 heteroatoms. The average molecular weight is 355 g/mol. The zero-order valence-corrected chi connectivity index (χ0v) is 16.6. The molecule has 0 spiro atoms. The van der Waals surface area contributed by atoms with Crippen molar-refractivity contribution in [3.8, 4) is 5.75 Å². The van der Waals surface area contributed by atoms with Gasteiger partial charge in [-0.25, -0.2) is 0 Å². The van der Waals surface area contributed by atoms with Crippen molar-refractivity contribution in [3.63, 3.8) is 0 Å². The Balaban J connectivity index is 1.77. The largest absolute Gasteiger partial charge is 0.494 e. The van der Waals surface area contributed by atoms with Crippen LogP contribution >= 0.6 is 0 Å². The van der Waals surface area contributed by atoms with E-state index in [1.165, 1.54) is 30.5 Å². The zero-order valence-electron chi connectivity index (χ0n) is 16.6. The molecule has 3 nitrogen and oxygen atoms in total. The molecule has 0 saturated carbocycles. The van der Waals surface area contributed by atoms with Gasteiger partial charge in [0.05, 0.1) is 6.61 Å². The maximum absolute atomic E-state index is 5.80. The van der Waals surface area contributed by atoms with Crippen molar-refractivity contribution in [1.82, 2.24) is 0 Å². The van der Waals surface area contributed by atoms with Gasteiger partial charge in [0.2, 0.25) is 0 Å². The van der Waals surface area contributed by atoms with Crippen molar-refractivity contribution < 1.29 is 4.74 Å². The van der Waals surface area contributed by atoms with Crippen LogP contribution in [0.15, 0.2) is 48.5 Å². The quantitative estimate of drug-likeness (QED) is 0.466. The van der Waals surface area contributed by atoms with E-state index in [0.717, 1.165) is 44.1 Å². The van der Waals surface area contributed by atoms with E-state index in [1.54, 1.807) is 0 Å². The summed E-state index contributed by atoms with van der Waals surface area (Å²) in [6.45, 7) is 10.3. The minimum Gasteiger partial charge on any atom is -0.494 e. The summed E-state index contributed by atoms with van der Waals surface area (Å²) >= 11 is 0. The van der Waals surface area contributed by atoms with Crippen LogP contribution in [0.5, 0.6) is 5.75 Å². The monoisotopic (exact) mass is 354 g/mol. The van der Waals surface area contributed by atoms with Gasteiger partial charge in [-0.3, -0.25) is 0 Å². The highest BCUT2D eigenvalue weighted by atomic mass is 16.5. The van der Waals surface area contributed by atoms with Gasteiger partial charge in [0.1, 0.15) is 5.75 Å². The predicted molar refractivity (Wildman–Crippen MR) is 113 cm³/mol. The molecule has 0 atom stereocenters. The molecular formula is C23H34N2O. The molecule has 142 valence electrons. The van der Waals surface area contributed by atoms with Crippen LogP contribution in [0.25, 0.3) is 0 Å². The maximum atomic E-state index is 5.80. The van der Waals surface area contributed by atoms with Crippen molar-refractivity contribution in [2.45, 2.75) is 53.0 Å².